The van der Waals surface area contributed by atoms with Crippen molar-refractivity contribution in [3.8, 4) is 11.5 Å². The van der Waals surface area contributed by atoms with Crippen LogP contribution < -0.4 is 20.5 Å². The van der Waals surface area contributed by atoms with Crippen molar-refractivity contribution in [2.24, 2.45) is 11.7 Å². The second-order valence-electron chi connectivity index (χ2n) is 5.53. The molecule has 6 nitrogen and oxygen atoms in total. The molecule has 0 heterocycles. The van der Waals surface area contributed by atoms with Crippen molar-refractivity contribution in [1.29, 1.82) is 0 Å². The molecule has 0 unspecified atom stereocenters. The van der Waals surface area contributed by atoms with Gasteiger partial charge in [0.2, 0.25) is 5.91 Å². The second kappa shape index (κ2) is 9.60. The van der Waals surface area contributed by atoms with Gasteiger partial charge in [-0.2, -0.15) is 0 Å². The van der Waals surface area contributed by atoms with Gasteiger partial charge >= 0.3 is 0 Å². The molecule has 0 aliphatic carbocycles. The highest BCUT2D eigenvalue weighted by Crippen LogP contribution is 2.28. The number of nitrogens with one attached hydrogen (secondary N) is 1. The van der Waals surface area contributed by atoms with Crippen molar-refractivity contribution in [2.75, 3.05) is 13.7 Å². The molecule has 0 aromatic heterocycles. The van der Waals surface area contributed by atoms with Gasteiger partial charge in [0.1, 0.15) is 6.04 Å². The third-order valence-corrected chi connectivity index (χ3v) is 3.74. The van der Waals surface area contributed by atoms with E-state index in [9.17, 15) is 9.59 Å². The van der Waals surface area contributed by atoms with Crippen LogP contribution in [0.25, 0.3) is 6.08 Å². The molecule has 24 heavy (non-hydrogen) atoms. The fourth-order valence-corrected chi connectivity index (χ4v) is 2.19. The van der Waals surface area contributed by atoms with Gasteiger partial charge in [-0.25, -0.2) is 0 Å². The summed E-state index contributed by atoms with van der Waals surface area (Å²) in [5.74, 6) is -0.00221. The molecule has 0 saturated heterocycles. The number of hydrogen-bond acceptors (Lipinski definition) is 4. The number of allylic oxidation sites excluding steroid dienone is 1. The first kappa shape index (κ1) is 19.5. The lowest BCUT2D eigenvalue weighted by molar-refractivity contribution is -0.129. The van der Waals surface area contributed by atoms with Gasteiger partial charge in [0, 0.05) is 0 Å². The van der Waals surface area contributed by atoms with Crippen LogP contribution in [0.15, 0.2) is 24.3 Å². The van der Waals surface area contributed by atoms with Crippen LogP contribution in [0.4, 0.5) is 0 Å². The molecule has 0 saturated carbocycles. The Morgan fingerprint density at radius 3 is 2.58 bits per heavy atom. The van der Waals surface area contributed by atoms with E-state index in [4.69, 9.17) is 15.2 Å². The Labute approximate surface area is 143 Å². The summed E-state index contributed by atoms with van der Waals surface area (Å²) in [5, 5.41) is 2.62. The molecular formula is C18H26N2O4. The molecule has 0 aliphatic heterocycles. The van der Waals surface area contributed by atoms with Crippen LogP contribution in [-0.2, 0) is 9.59 Å². The van der Waals surface area contributed by atoms with E-state index < -0.39 is 17.9 Å². The Bertz CT molecular complexity index is 599. The summed E-state index contributed by atoms with van der Waals surface area (Å²) in [6, 6.07) is 4.71. The van der Waals surface area contributed by atoms with Gasteiger partial charge in [0.15, 0.2) is 18.1 Å². The van der Waals surface area contributed by atoms with Gasteiger partial charge in [0.25, 0.3) is 5.91 Å². The van der Waals surface area contributed by atoms with E-state index in [1.54, 1.807) is 6.07 Å². The van der Waals surface area contributed by atoms with E-state index in [1.165, 1.54) is 7.11 Å². The number of carbonyl (C=O) groups excluding carboxylic acids is 2. The average molecular weight is 334 g/mol. The van der Waals surface area contributed by atoms with Crippen LogP contribution >= 0.6 is 0 Å². The first-order chi connectivity index (χ1) is 11.4. The largest absolute Gasteiger partial charge is 0.493 e. The first-order valence-electron chi connectivity index (χ1n) is 7.95. The number of nitrogens with two attached hydrogens (primary N) is 1. The summed E-state index contributed by atoms with van der Waals surface area (Å²) in [6.07, 6.45) is 4.58. The number of hydrogen-bond donors (Lipinski definition) is 2. The summed E-state index contributed by atoms with van der Waals surface area (Å²) >= 11 is 0. The molecule has 132 valence electrons. The molecule has 2 amide bonds. The lowest BCUT2D eigenvalue weighted by atomic mass is 9.99. The lowest BCUT2D eigenvalue weighted by Gasteiger charge is -2.21. The van der Waals surface area contributed by atoms with Crippen LogP contribution in [0, 0.1) is 5.92 Å². The SMILES string of the molecule is C/C=C/c1ccc(OCC(=O)N[C@H](C(N)=O)[C@H](C)CC)c(OC)c1. The summed E-state index contributed by atoms with van der Waals surface area (Å²) in [5.41, 5.74) is 6.31. The Hall–Kier alpha value is -2.50. The molecule has 0 fully saturated rings. The van der Waals surface area contributed by atoms with Crippen LogP contribution in [0.2, 0.25) is 0 Å². The Morgan fingerprint density at radius 2 is 2.04 bits per heavy atom. The van der Waals surface area contributed by atoms with Crippen molar-refractivity contribution in [1.82, 2.24) is 5.32 Å². The van der Waals surface area contributed by atoms with E-state index in [2.05, 4.69) is 5.32 Å². The summed E-state index contributed by atoms with van der Waals surface area (Å²) in [4.78, 5) is 23.5. The molecule has 0 aliphatic rings. The predicted molar refractivity (Wildman–Crippen MR) is 93.8 cm³/mol. The highest BCUT2D eigenvalue weighted by atomic mass is 16.5. The zero-order valence-corrected chi connectivity index (χ0v) is 14.7. The standard InChI is InChI=1S/C18H26N2O4/c1-5-7-13-8-9-14(15(10-13)23-4)24-11-16(21)20-17(18(19)22)12(3)6-2/h5,7-10,12,17H,6,11H2,1-4H3,(H2,19,22)(H,20,21)/b7-5+/t12-,17+/m1/s1. The summed E-state index contributed by atoms with van der Waals surface area (Å²) in [6.45, 7) is 5.49. The minimum atomic E-state index is -0.704. The van der Waals surface area contributed by atoms with Crippen molar-refractivity contribution in [3.63, 3.8) is 0 Å². The zero-order chi connectivity index (χ0) is 18.1. The average Bonchev–Trinajstić information content (AvgIpc) is 2.57. The number of carbonyl (C=O) groups is 2. The van der Waals surface area contributed by atoms with E-state index in [1.807, 2.05) is 45.1 Å². The topological polar surface area (TPSA) is 90.6 Å². The maximum atomic E-state index is 12.0. The van der Waals surface area contributed by atoms with E-state index in [0.29, 0.717) is 11.5 Å². The molecule has 0 spiro atoms. The summed E-state index contributed by atoms with van der Waals surface area (Å²) in [7, 11) is 1.54. The number of amides is 2. The molecule has 0 radical (unpaired) electrons. The van der Waals surface area contributed by atoms with Gasteiger partial charge in [-0.1, -0.05) is 38.5 Å². The molecule has 1 aromatic carbocycles. The first-order valence-corrected chi connectivity index (χ1v) is 7.95. The van der Waals surface area contributed by atoms with Crippen LogP contribution in [0.5, 0.6) is 11.5 Å². The monoisotopic (exact) mass is 334 g/mol. The highest BCUT2D eigenvalue weighted by molar-refractivity contribution is 5.87. The van der Waals surface area contributed by atoms with E-state index in [0.717, 1.165) is 12.0 Å². The Kier molecular flexibility index (Phi) is 7.82. The number of rotatable bonds is 9. The molecule has 1 rings (SSSR count). The smallest absolute Gasteiger partial charge is 0.258 e. The minimum Gasteiger partial charge on any atom is -0.493 e. The third-order valence-electron chi connectivity index (χ3n) is 3.74. The van der Waals surface area contributed by atoms with Crippen LogP contribution in [0.1, 0.15) is 32.8 Å². The highest BCUT2D eigenvalue weighted by Gasteiger charge is 2.23. The second-order valence-corrected chi connectivity index (χ2v) is 5.53. The molecule has 1 aromatic rings. The fraction of sp³-hybridized carbons (Fsp3) is 0.444. The van der Waals surface area contributed by atoms with Gasteiger partial charge in [-0.3, -0.25) is 9.59 Å². The van der Waals surface area contributed by atoms with E-state index in [-0.39, 0.29) is 12.5 Å². The minimum absolute atomic E-state index is 0.0406. The van der Waals surface area contributed by atoms with Crippen LogP contribution in [-0.4, -0.2) is 31.6 Å². The van der Waals surface area contributed by atoms with Gasteiger partial charge < -0.3 is 20.5 Å². The number of ether oxygens (including phenoxy) is 2. The maximum Gasteiger partial charge on any atom is 0.258 e. The van der Waals surface area contributed by atoms with Gasteiger partial charge in [0.05, 0.1) is 7.11 Å². The molecule has 2 atom stereocenters. The fourth-order valence-electron chi connectivity index (χ4n) is 2.19. The molecule has 3 N–H and O–H groups in total. The Morgan fingerprint density at radius 1 is 1.33 bits per heavy atom. The van der Waals surface area contributed by atoms with Crippen molar-refractivity contribution in [2.45, 2.75) is 33.2 Å². The van der Waals surface area contributed by atoms with Crippen molar-refractivity contribution >= 4 is 17.9 Å². The normalized spacial score (nSPS) is 13.3. The van der Waals surface area contributed by atoms with Crippen molar-refractivity contribution < 1.29 is 19.1 Å². The number of primary amides is 1. The lowest BCUT2D eigenvalue weighted by Crippen LogP contribution is -2.49. The quantitative estimate of drug-likeness (QED) is 0.724. The zero-order valence-electron chi connectivity index (χ0n) is 14.7. The van der Waals surface area contributed by atoms with Gasteiger partial charge in [-0.05, 0) is 30.5 Å². The predicted octanol–water partition coefficient (Wildman–Crippen LogP) is 2.12. The number of benzene rings is 1. The van der Waals surface area contributed by atoms with Gasteiger partial charge in [-0.15, -0.1) is 0 Å². The summed E-state index contributed by atoms with van der Waals surface area (Å²) < 4.78 is 10.8. The molecular weight excluding hydrogens is 308 g/mol. The van der Waals surface area contributed by atoms with Crippen LogP contribution in [0.3, 0.4) is 0 Å². The van der Waals surface area contributed by atoms with E-state index >= 15 is 0 Å². The molecule has 6 heteroatoms. The molecule has 0 bridgehead atoms. The maximum absolute atomic E-state index is 12.0. The third kappa shape index (κ3) is 5.61. The van der Waals surface area contributed by atoms with Crippen molar-refractivity contribution in [3.05, 3.63) is 29.8 Å². The number of methoxy groups -OCH3 is 1. The Balaban J connectivity index is 2.71.